The molecule has 28 heavy (non-hydrogen) atoms. The van der Waals surface area contributed by atoms with Crippen LogP contribution in [0.4, 0.5) is 0 Å². The summed E-state index contributed by atoms with van der Waals surface area (Å²) in [5.41, 5.74) is 1.28. The molecule has 3 rings (SSSR count). The van der Waals surface area contributed by atoms with E-state index in [4.69, 9.17) is 14.2 Å². The third kappa shape index (κ3) is 4.25. The van der Waals surface area contributed by atoms with Gasteiger partial charge in [-0.15, -0.1) is 0 Å². The molecule has 0 unspecified atom stereocenters. The second kappa shape index (κ2) is 8.47. The van der Waals surface area contributed by atoms with Gasteiger partial charge in [0.2, 0.25) is 5.75 Å². The first-order valence-corrected chi connectivity index (χ1v) is 8.62. The van der Waals surface area contributed by atoms with E-state index < -0.39 is 0 Å². The Balaban J connectivity index is 1.65. The minimum Gasteiger partial charge on any atom is -0.493 e. The van der Waals surface area contributed by atoms with Crippen molar-refractivity contribution in [1.82, 2.24) is 24.5 Å². The number of hydrogen-bond acceptors (Lipinski definition) is 6. The van der Waals surface area contributed by atoms with E-state index in [0.29, 0.717) is 29.5 Å². The molecule has 1 amide bonds. The first-order chi connectivity index (χ1) is 13.5. The smallest absolute Gasteiger partial charge is 0.274 e. The second-order valence-electron chi connectivity index (χ2n) is 6.19. The van der Waals surface area contributed by atoms with Crippen LogP contribution in [0.5, 0.6) is 17.2 Å². The molecule has 0 bridgehead atoms. The van der Waals surface area contributed by atoms with Crippen LogP contribution in [-0.2, 0) is 20.3 Å². The lowest BCUT2D eigenvalue weighted by atomic mass is 10.3. The van der Waals surface area contributed by atoms with Gasteiger partial charge in [-0.1, -0.05) is 6.07 Å². The molecular weight excluding hydrogens is 362 g/mol. The van der Waals surface area contributed by atoms with Crippen LogP contribution in [-0.4, -0.2) is 51.6 Å². The number of aryl methyl sites for hydroxylation is 1. The quantitative estimate of drug-likeness (QED) is 0.589. The molecule has 0 aliphatic heterocycles. The summed E-state index contributed by atoms with van der Waals surface area (Å²) in [5, 5.41) is 8.41. The standard InChI is InChI=1S/C19H23N5O4/c1-22(11-14-10-20-23(2)12-14)19(25)15-8-9-24(21-15)13-28-18-16(26-3)6-5-7-17(18)27-4/h5-10,12H,11,13H2,1-4H3. The number of para-hydroxylation sites is 1. The number of benzene rings is 1. The number of ether oxygens (including phenoxy) is 3. The zero-order chi connectivity index (χ0) is 20.1. The SMILES string of the molecule is COc1cccc(OC)c1OCn1ccc(C(=O)N(C)Cc2cnn(C)c2)n1. The van der Waals surface area contributed by atoms with Crippen LogP contribution in [0.15, 0.2) is 42.9 Å². The minimum absolute atomic E-state index is 0.107. The molecule has 0 aliphatic carbocycles. The third-order valence-electron chi connectivity index (χ3n) is 4.11. The van der Waals surface area contributed by atoms with Crippen molar-refractivity contribution in [2.45, 2.75) is 13.3 Å². The summed E-state index contributed by atoms with van der Waals surface area (Å²) < 4.78 is 19.7. The fraction of sp³-hybridized carbons (Fsp3) is 0.316. The Labute approximate surface area is 163 Å². The molecule has 1 aromatic carbocycles. The van der Waals surface area contributed by atoms with E-state index in [1.54, 1.807) is 61.4 Å². The molecule has 0 saturated carbocycles. The van der Waals surface area contributed by atoms with Gasteiger partial charge in [0.05, 0.1) is 20.4 Å². The molecule has 0 atom stereocenters. The second-order valence-corrected chi connectivity index (χ2v) is 6.19. The maximum Gasteiger partial charge on any atom is 0.274 e. The first kappa shape index (κ1) is 19.3. The predicted octanol–water partition coefficient (Wildman–Crippen LogP) is 1.94. The third-order valence-corrected chi connectivity index (χ3v) is 4.11. The molecule has 2 heterocycles. The number of carbonyl (C=O) groups excluding carboxylic acids is 1. The summed E-state index contributed by atoms with van der Waals surface area (Å²) in [4.78, 5) is 14.2. The summed E-state index contributed by atoms with van der Waals surface area (Å²) in [6.45, 7) is 0.560. The van der Waals surface area contributed by atoms with Gasteiger partial charge in [0.1, 0.15) is 0 Å². The number of nitrogens with zero attached hydrogens (tertiary/aromatic N) is 5. The maximum absolute atomic E-state index is 12.6. The summed E-state index contributed by atoms with van der Waals surface area (Å²) in [6, 6.07) is 7.03. The van der Waals surface area contributed by atoms with Gasteiger partial charge in [-0.2, -0.15) is 10.2 Å². The summed E-state index contributed by atoms with van der Waals surface area (Å²) >= 11 is 0. The number of aromatic nitrogens is 4. The van der Waals surface area contributed by atoms with E-state index in [9.17, 15) is 4.79 Å². The lowest BCUT2D eigenvalue weighted by Crippen LogP contribution is -2.26. The highest BCUT2D eigenvalue weighted by atomic mass is 16.5. The number of rotatable bonds is 8. The van der Waals surface area contributed by atoms with Gasteiger partial charge in [-0.3, -0.25) is 9.48 Å². The lowest BCUT2D eigenvalue weighted by Gasteiger charge is -2.15. The Morgan fingerprint density at radius 3 is 2.50 bits per heavy atom. The Bertz CT molecular complexity index is 927. The van der Waals surface area contributed by atoms with Crippen molar-refractivity contribution in [1.29, 1.82) is 0 Å². The summed E-state index contributed by atoms with van der Waals surface area (Å²) in [5.74, 6) is 1.40. The average Bonchev–Trinajstić information content (AvgIpc) is 3.34. The first-order valence-electron chi connectivity index (χ1n) is 8.62. The topological polar surface area (TPSA) is 83.6 Å². The van der Waals surface area contributed by atoms with Gasteiger partial charge in [0.15, 0.2) is 23.9 Å². The Morgan fingerprint density at radius 2 is 1.89 bits per heavy atom. The van der Waals surface area contributed by atoms with Crippen molar-refractivity contribution in [3.8, 4) is 17.2 Å². The molecule has 3 aromatic rings. The number of carbonyl (C=O) groups is 1. The molecule has 0 N–H and O–H groups in total. The summed E-state index contributed by atoms with van der Waals surface area (Å²) in [6.07, 6.45) is 5.29. The van der Waals surface area contributed by atoms with Crippen molar-refractivity contribution in [2.24, 2.45) is 7.05 Å². The Morgan fingerprint density at radius 1 is 1.18 bits per heavy atom. The van der Waals surface area contributed by atoms with Crippen LogP contribution in [0.2, 0.25) is 0 Å². The number of amides is 1. The van der Waals surface area contributed by atoms with Gasteiger partial charge in [-0.25, -0.2) is 4.68 Å². The molecule has 0 aliphatic rings. The largest absolute Gasteiger partial charge is 0.493 e. The maximum atomic E-state index is 12.6. The van der Waals surface area contributed by atoms with E-state index in [1.165, 1.54) is 4.68 Å². The van der Waals surface area contributed by atoms with Crippen LogP contribution in [0.25, 0.3) is 0 Å². The fourth-order valence-electron chi connectivity index (χ4n) is 2.73. The minimum atomic E-state index is -0.183. The van der Waals surface area contributed by atoms with Crippen molar-refractivity contribution < 1.29 is 19.0 Å². The van der Waals surface area contributed by atoms with Gasteiger partial charge in [-0.05, 0) is 18.2 Å². The molecule has 0 fully saturated rings. The van der Waals surface area contributed by atoms with E-state index in [1.807, 2.05) is 19.3 Å². The average molecular weight is 385 g/mol. The Hall–Kier alpha value is -3.49. The van der Waals surface area contributed by atoms with Crippen molar-refractivity contribution in [3.05, 3.63) is 54.1 Å². The van der Waals surface area contributed by atoms with Gasteiger partial charge >= 0.3 is 0 Å². The number of hydrogen-bond donors (Lipinski definition) is 0. The van der Waals surface area contributed by atoms with Crippen molar-refractivity contribution >= 4 is 5.91 Å². The highest BCUT2D eigenvalue weighted by Crippen LogP contribution is 2.36. The normalized spacial score (nSPS) is 10.6. The zero-order valence-corrected chi connectivity index (χ0v) is 16.3. The molecule has 9 nitrogen and oxygen atoms in total. The highest BCUT2D eigenvalue weighted by Gasteiger charge is 2.17. The monoisotopic (exact) mass is 385 g/mol. The number of methoxy groups -OCH3 is 2. The zero-order valence-electron chi connectivity index (χ0n) is 16.3. The van der Waals surface area contributed by atoms with Crippen molar-refractivity contribution in [3.63, 3.8) is 0 Å². The van der Waals surface area contributed by atoms with Crippen LogP contribution in [0.3, 0.4) is 0 Å². The van der Waals surface area contributed by atoms with E-state index in [0.717, 1.165) is 5.56 Å². The molecule has 148 valence electrons. The molecule has 0 radical (unpaired) electrons. The van der Waals surface area contributed by atoms with Crippen LogP contribution < -0.4 is 14.2 Å². The van der Waals surface area contributed by atoms with Gasteiger partial charge in [0.25, 0.3) is 5.91 Å². The van der Waals surface area contributed by atoms with E-state index in [-0.39, 0.29) is 12.6 Å². The molecular formula is C19H23N5O4. The Kier molecular flexibility index (Phi) is 5.83. The molecule has 0 saturated heterocycles. The molecule has 0 spiro atoms. The van der Waals surface area contributed by atoms with Crippen LogP contribution in [0.1, 0.15) is 16.1 Å². The van der Waals surface area contributed by atoms with E-state index in [2.05, 4.69) is 10.2 Å². The fourth-order valence-corrected chi connectivity index (χ4v) is 2.73. The van der Waals surface area contributed by atoms with Crippen LogP contribution >= 0.6 is 0 Å². The lowest BCUT2D eigenvalue weighted by molar-refractivity contribution is 0.0777. The predicted molar refractivity (Wildman–Crippen MR) is 101 cm³/mol. The van der Waals surface area contributed by atoms with Crippen molar-refractivity contribution in [2.75, 3.05) is 21.3 Å². The van der Waals surface area contributed by atoms with Crippen LogP contribution in [0, 0.1) is 0 Å². The van der Waals surface area contributed by atoms with Gasteiger partial charge < -0.3 is 19.1 Å². The van der Waals surface area contributed by atoms with Gasteiger partial charge in [0, 0.05) is 38.6 Å². The highest BCUT2D eigenvalue weighted by molar-refractivity contribution is 5.91. The molecule has 2 aromatic heterocycles. The van der Waals surface area contributed by atoms with E-state index >= 15 is 0 Å². The molecule has 9 heteroatoms. The summed E-state index contributed by atoms with van der Waals surface area (Å²) in [7, 11) is 6.68.